The number of aryl methyl sites for hydroxylation is 1. The van der Waals surface area contributed by atoms with Crippen LogP contribution >= 0.6 is 11.3 Å². The highest BCUT2D eigenvalue weighted by Crippen LogP contribution is 2.25. The van der Waals surface area contributed by atoms with E-state index in [0.29, 0.717) is 6.61 Å². The zero-order valence-corrected chi connectivity index (χ0v) is 12.5. The number of hydrogen-bond donors (Lipinski definition) is 0. The van der Waals surface area contributed by atoms with Gasteiger partial charge in [-0.2, -0.15) is 0 Å². The number of hydrogen-bond acceptors (Lipinski definition) is 5. The number of nitrogens with zero attached hydrogens (tertiary/aromatic N) is 3. The van der Waals surface area contributed by atoms with Crippen LogP contribution in [-0.4, -0.2) is 29.2 Å². The Balaban J connectivity index is 1.55. The summed E-state index contributed by atoms with van der Waals surface area (Å²) >= 11 is 1.72. The second-order valence-corrected chi connectivity index (χ2v) is 5.99. The molecule has 0 aromatic carbocycles. The topological polar surface area (TPSA) is 38.2 Å². The van der Waals surface area contributed by atoms with Gasteiger partial charge in [0, 0.05) is 30.9 Å². The molecular formula is C15H19N3OS. The summed E-state index contributed by atoms with van der Waals surface area (Å²) in [5.41, 5.74) is 2.23. The second kappa shape index (κ2) is 6.33. The van der Waals surface area contributed by atoms with Crippen LogP contribution in [0, 0.1) is 6.92 Å². The molecule has 3 heterocycles. The van der Waals surface area contributed by atoms with Gasteiger partial charge in [0.1, 0.15) is 0 Å². The van der Waals surface area contributed by atoms with E-state index in [0.717, 1.165) is 42.3 Å². The summed E-state index contributed by atoms with van der Waals surface area (Å²) in [4.78, 5) is 11.0. The zero-order chi connectivity index (χ0) is 13.8. The first-order valence-corrected chi connectivity index (χ1v) is 7.87. The lowest BCUT2D eigenvalue weighted by molar-refractivity contribution is 0.0314. The molecule has 2 aromatic rings. The molecule has 1 aliphatic rings. The molecule has 1 fully saturated rings. The first-order chi connectivity index (χ1) is 9.81. The molecule has 1 atom stereocenters. The lowest BCUT2D eigenvalue weighted by Crippen LogP contribution is -2.39. The van der Waals surface area contributed by atoms with Crippen molar-refractivity contribution < 1.29 is 4.74 Å². The van der Waals surface area contributed by atoms with E-state index in [1.54, 1.807) is 17.5 Å². The predicted octanol–water partition coefficient (Wildman–Crippen LogP) is 3.03. The van der Waals surface area contributed by atoms with E-state index >= 15 is 0 Å². The summed E-state index contributed by atoms with van der Waals surface area (Å²) in [5, 5.41) is 3.23. The van der Waals surface area contributed by atoms with Crippen molar-refractivity contribution in [2.45, 2.75) is 32.5 Å². The van der Waals surface area contributed by atoms with Crippen LogP contribution in [0.3, 0.4) is 0 Å². The van der Waals surface area contributed by atoms with Crippen LogP contribution < -0.4 is 4.90 Å². The maximum absolute atomic E-state index is 6.02. The third-order valence-corrected chi connectivity index (χ3v) is 4.48. The van der Waals surface area contributed by atoms with Crippen LogP contribution in [0.4, 0.5) is 5.13 Å². The average molecular weight is 289 g/mol. The first-order valence-electron chi connectivity index (χ1n) is 6.99. The molecule has 2 aromatic heterocycles. The van der Waals surface area contributed by atoms with Gasteiger partial charge in [-0.25, -0.2) is 4.98 Å². The molecule has 0 amide bonds. The molecule has 4 nitrogen and oxygen atoms in total. The summed E-state index contributed by atoms with van der Waals surface area (Å²) in [6, 6.07) is 4.00. The maximum Gasteiger partial charge on any atom is 0.185 e. The molecule has 5 heteroatoms. The van der Waals surface area contributed by atoms with Gasteiger partial charge in [-0.15, -0.1) is 11.3 Å². The molecule has 0 aliphatic carbocycles. The van der Waals surface area contributed by atoms with Gasteiger partial charge in [0.25, 0.3) is 0 Å². The van der Waals surface area contributed by atoms with Crippen molar-refractivity contribution in [3.63, 3.8) is 0 Å². The minimum atomic E-state index is 0.285. The molecule has 0 spiro atoms. The normalized spacial score (nSPS) is 19.2. The summed E-state index contributed by atoms with van der Waals surface area (Å²) in [6.45, 7) is 4.70. The van der Waals surface area contributed by atoms with Crippen LogP contribution in [0.1, 0.15) is 24.1 Å². The van der Waals surface area contributed by atoms with Crippen LogP contribution in [-0.2, 0) is 11.3 Å². The van der Waals surface area contributed by atoms with Gasteiger partial charge in [-0.05, 0) is 31.4 Å². The Labute approximate surface area is 123 Å². The van der Waals surface area contributed by atoms with Crippen molar-refractivity contribution in [3.05, 3.63) is 41.2 Å². The smallest absolute Gasteiger partial charge is 0.185 e. The summed E-state index contributed by atoms with van der Waals surface area (Å²) in [7, 11) is 0. The SMILES string of the molecule is Cc1csc(N2CCCC(OCc3cccnc3)C2)n1. The Kier molecular flexibility index (Phi) is 4.28. The van der Waals surface area contributed by atoms with E-state index < -0.39 is 0 Å². The van der Waals surface area contributed by atoms with Crippen LogP contribution in [0.25, 0.3) is 0 Å². The van der Waals surface area contributed by atoms with Gasteiger partial charge in [0.2, 0.25) is 0 Å². The van der Waals surface area contributed by atoms with Gasteiger partial charge in [0.05, 0.1) is 18.4 Å². The molecule has 0 bridgehead atoms. The van der Waals surface area contributed by atoms with Crippen molar-refractivity contribution in [3.8, 4) is 0 Å². The largest absolute Gasteiger partial charge is 0.372 e. The van der Waals surface area contributed by atoms with Gasteiger partial charge in [0.15, 0.2) is 5.13 Å². The molecule has 1 unspecified atom stereocenters. The molecule has 20 heavy (non-hydrogen) atoms. The molecule has 1 aliphatic heterocycles. The summed E-state index contributed by atoms with van der Waals surface area (Å²) in [6.07, 6.45) is 6.23. The molecule has 106 valence electrons. The lowest BCUT2D eigenvalue weighted by Gasteiger charge is -2.32. The summed E-state index contributed by atoms with van der Waals surface area (Å²) in [5.74, 6) is 0. The molecular weight excluding hydrogens is 270 g/mol. The number of rotatable bonds is 4. The van der Waals surface area contributed by atoms with E-state index in [-0.39, 0.29) is 6.10 Å². The molecule has 0 N–H and O–H groups in total. The van der Waals surface area contributed by atoms with E-state index in [1.165, 1.54) is 0 Å². The van der Waals surface area contributed by atoms with Gasteiger partial charge in [-0.1, -0.05) is 6.07 Å². The first kappa shape index (κ1) is 13.5. The lowest BCUT2D eigenvalue weighted by atomic mass is 10.1. The average Bonchev–Trinajstić information content (AvgIpc) is 2.93. The van der Waals surface area contributed by atoms with Gasteiger partial charge < -0.3 is 9.64 Å². The molecule has 3 rings (SSSR count). The van der Waals surface area contributed by atoms with Crippen LogP contribution in [0.2, 0.25) is 0 Å². The fourth-order valence-corrected chi connectivity index (χ4v) is 3.27. The number of anilines is 1. The highest BCUT2D eigenvalue weighted by atomic mass is 32.1. The van der Waals surface area contributed by atoms with Crippen molar-refractivity contribution in [2.24, 2.45) is 0 Å². The molecule has 0 saturated carbocycles. The number of piperidine rings is 1. The Morgan fingerprint density at radius 2 is 2.45 bits per heavy atom. The van der Waals surface area contributed by atoms with E-state index in [9.17, 15) is 0 Å². The second-order valence-electron chi connectivity index (χ2n) is 5.15. The number of ether oxygens (including phenoxy) is 1. The van der Waals surface area contributed by atoms with Crippen molar-refractivity contribution in [1.82, 2.24) is 9.97 Å². The van der Waals surface area contributed by atoms with E-state index in [1.807, 2.05) is 19.2 Å². The monoisotopic (exact) mass is 289 g/mol. The minimum Gasteiger partial charge on any atom is -0.372 e. The summed E-state index contributed by atoms with van der Waals surface area (Å²) < 4.78 is 6.02. The molecule has 1 saturated heterocycles. The third-order valence-electron chi connectivity index (χ3n) is 3.46. The standard InChI is InChI=1S/C15H19N3OS/c1-12-11-20-15(17-12)18-7-3-5-14(9-18)19-10-13-4-2-6-16-8-13/h2,4,6,8,11,14H,3,5,7,9-10H2,1H3. The Morgan fingerprint density at radius 1 is 1.50 bits per heavy atom. The number of pyridine rings is 1. The minimum absolute atomic E-state index is 0.285. The Hall–Kier alpha value is -1.46. The fraction of sp³-hybridized carbons (Fsp3) is 0.467. The maximum atomic E-state index is 6.02. The highest BCUT2D eigenvalue weighted by molar-refractivity contribution is 7.13. The van der Waals surface area contributed by atoms with Crippen molar-refractivity contribution >= 4 is 16.5 Å². The van der Waals surface area contributed by atoms with Gasteiger partial charge in [-0.3, -0.25) is 4.98 Å². The van der Waals surface area contributed by atoms with Crippen molar-refractivity contribution in [2.75, 3.05) is 18.0 Å². The number of aromatic nitrogens is 2. The fourth-order valence-electron chi connectivity index (χ4n) is 2.43. The molecule has 0 radical (unpaired) electrons. The Morgan fingerprint density at radius 3 is 3.20 bits per heavy atom. The van der Waals surface area contributed by atoms with Crippen molar-refractivity contribution in [1.29, 1.82) is 0 Å². The zero-order valence-electron chi connectivity index (χ0n) is 11.7. The van der Waals surface area contributed by atoms with Crippen LogP contribution in [0.5, 0.6) is 0 Å². The number of thiazole rings is 1. The van der Waals surface area contributed by atoms with E-state index in [4.69, 9.17) is 4.74 Å². The predicted molar refractivity (Wildman–Crippen MR) is 81.1 cm³/mol. The van der Waals surface area contributed by atoms with Gasteiger partial charge >= 0.3 is 0 Å². The quantitative estimate of drug-likeness (QED) is 0.867. The van der Waals surface area contributed by atoms with E-state index in [2.05, 4.69) is 26.3 Å². The van der Waals surface area contributed by atoms with Crippen LogP contribution in [0.15, 0.2) is 29.9 Å². The third kappa shape index (κ3) is 3.35. The Bertz CT molecular complexity index is 543. The highest BCUT2D eigenvalue weighted by Gasteiger charge is 2.22.